The first-order valence-corrected chi connectivity index (χ1v) is 14.7. The molecule has 0 aliphatic carbocycles. The zero-order valence-corrected chi connectivity index (χ0v) is 25.0. The molecule has 236 valence electrons. The highest BCUT2D eigenvalue weighted by molar-refractivity contribution is 5.88. The van der Waals surface area contributed by atoms with Crippen LogP contribution in [0.1, 0.15) is 24.4 Å². The molecule has 0 unspecified atom stereocenters. The summed E-state index contributed by atoms with van der Waals surface area (Å²) in [5, 5.41) is 15.6. The lowest BCUT2D eigenvalue weighted by molar-refractivity contribution is -0.142. The van der Waals surface area contributed by atoms with E-state index in [2.05, 4.69) is 25.6 Å². The predicted octanol–water partition coefficient (Wildman–Crippen LogP) is 1.69. The highest BCUT2D eigenvalue weighted by Crippen LogP contribution is 2.31. The first-order chi connectivity index (χ1) is 21.4. The van der Waals surface area contributed by atoms with Crippen molar-refractivity contribution in [1.82, 2.24) is 35.3 Å². The molecule has 5 rings (SSSR count). The molecule has 3 aromatic rings. The third-order valence-electron chi connectivity index (χ3n) is 7.73. The van der Waals surface area contributed by atoms with E-state index in [0.717, 1.165) is 12.8 Å². The van der Waals surface area contributed by atoms with Crippen LogP contribution in [0.15, 0.2) is 42.5 Å². The van der Waals surface area contributed by atoms with Gasteiger partial charge in [0.25, 0.3) is 0 Å². The number of aromatic nitrogens is 4. The lowest BCUT2D eigenvalue weighted by atomic mass is 10.0. The van der Waals surface area contributed by atoms with Crippen molar-refractivity contribution in [2.75, 3.05) is 66.8 Å². The summed E-state index contributed by atoms with van der Waals surface area (Å²) < 4.78 is 35.7. The van der Waals surface area contributed by atoms with Crippen molar-refractivity contribution in [2.45, 2.75) is 31.5 Å². The van der Waals surface area contributed by atoms with Crippen LogP contribution in [0, 0.1) is 5.82 Å². The molecule has 0 saturated carbocycles. The number of tetrazole rings is 1. The van der Waals surface area contributed by atoms with Gasteiger partial charge in [0.15, 0.2) is 11.5 Å². The Balaban J connectivity index is 1.39. The van der Waals surface area contributed by atoms with Crippen LogP contribution < -0.4 is 14.8 Å². The second-order valence-electron chi connectivity index (χ2n) is 10.6. The normalized spacial score (nSPS) is 17.7. The largest absolute Gasteiger partial charge is 0.493 e. The highest BCUT2D eigenvalue weighted by atomic mass is 19.1. The lowest BCUT2D eigenvalue weighted by Crippen LogP contribution is -2.49. The fraction of sp³-hybridized carbons (Fsp3) is 0.500. The number of nitrogens with zero attached hydrogens (tertiary/aromatic N) is 6. The van der Waals surface area contributed by atoms with E-state index in [4.69, 9.17) is 18.9 Å². The van der Waals surface area contributed by atoms with Gasteiger partial charge in [-0.1, -0.05) is 12.1 Å². The molecule has 0 radical (unpaired) electrons. The van der Waals surface area contributed by atoms with E-state index in [9.17, 15) is 14.0 Å². The monoisotopic (exact) mass is 611 g/mol. The van der Waals surface area contributed by atoms with Crippen LogP contribution in [0.5, 0.6) is 11.5 Å². The summed E-state index contributed by atoms with van der Waals surface area (Å²) in [4.78, 5) is 32.7. The minimum atomic E-state index is -1.01. The number of carbonyl (C=O) groups is 2. The molecule has 2 aliphatic rings. The van der Waals surface area contributed by atoms with Crippen LogP contribution in [0.25, 0.3) is 11.4 Å². The summed E-state index contributed by atoms with van der Waals surface area (Å²) in [7, 11) is 3.08. The predicted molar refractivity (Wildman–Crippen MR) is 156 cm³/mol. The number of ether oxygens (including phenoxy) is 4. The second-order valence-corrected chi connectivity index (χ2v) is 10.6. The van der Waals surface area contributed by atoms with Crippen molar-refractivity contribution >= 4 is 11.8 Å². The Morgan fingerprint density at radius 2 is 1.86 bits per heavy atom. The molecule has 44 heavy (non-hydrogen) atoms. The van der Waals surface area contributed by atoms with E-state index >= 15 is 0 Å². The molecular formula is C30H38FN7O6. The molecule has 13 nitrogen and oxygen atoms in total. The number of hydrogen-bond donors (Lipinski definition) is 1. The number of amides is 2. The second kappa shape index (κ2) is 15.0. The maximum Gasteiger partial charge on any atom is 0.247 e. The van der Waals surface area contributed by atoms with Crippen LogP contribution in [0.2, 0.25) is 0 Å². The summed E-state index contributed by atoms with van der Waals surface area (Å²) in [5.41, 5.74) is 1.12. The van der Waals surface area contributed by atoms with Gasteiger partial charge in [0, 0.05) is 44.9 Å². The molecule has 0 spiro atoms. The molecular weight excluding hydrogens is 573 g/mol. The van der Waals surface area contributed by atoms with Gasteiger partial charge in [0.2, 0.25) is 17.6 Å². The van der Waals surface area contributed by atoms with Gasteiger partial charge in [0.05, 0.1) is 33.5 Å². The quantitative estimate of drug-likeness (QED) is 0.305. The fourth-order valence-corrected chi connectivity index (χ4v) is 5.32. The molecule has 2 atom stereocenters. The Morgan fingerprint density at radius 1 is 1.09 bits per heavy atom. The maximum absolute atomic E-state index is 14.0. The molecule has 2 amide bonds. The Kier molecular flexibility index (Phi) is 10.7. The van der Waals surface area contributed by atoms with Crippen molar-refractivity contribution in [2.24, 2.45) is 0 Å². The summed E-state index contributed by atoms with van der Waals surface area (Å²) in [5.74, 6) is 0.147. The van der Waals surface area contributed by atoms with Gasteiger partial charge in [-0.15, -0.1) is 10.2 Å². The van der Waals surface area contributed by atoms with Gasteiger partial charge in [0.1, 0.15) is 18.4 Å². The smallest absolute Gasteiger partial charge is 0.247 e. The maximum atomic E-state index is 14.0. The van der Waals surface area contributed by atoms with Gasteiger partial charge in [-0.2, -0.15) is 4.80 Å². The third-order valence-corrected chi connectivity index (χ3v) is 7.73. The zero-order valence-electron chi connectivity index (χ0n) is 25.0. The molecule has 14 heteroatoms. The molecule has 2 aromatic carbocycles. The minimum Gasteiger partial charge on any atom is -0.493 e. The third kappa shape index (κ3) is 7.87. The van der Waals surface area contributed by atoms with E-state index in [-0.39, 0.29) is 25.1 Å². The molecule has 2 saturated heterocycles. The van der Waals surface area contributed by atoms with Crippen molar-refractivity contribution in [1.29, 1.82) is 0 Å². The van der Waals surface area contributed by atoms with Crippen LogP contribution in [0.3, 0.4) is 0 Å². The SMILES string of the molecule is COc1ccc(-c2nnn(CC(=O)N(CCN3CCOCC3)[C@@H](C(=O)NC[C@H]3CCCO3)c3ccc(F)cc3)n2)cc1OC. The number of methoxy groups -OCH3 is 2. The molecule has 2 aliphatic heterocycles. The van der Waals surface area contributed by atoms with Crippen LogP contribution >= 0.6 is 0 Å². The lowest BCUT2D eigenvalue weighted by Gasteiger charge is -2.34. The van der Waals surface area contributed by atoms with Gasteiger partial charge in [-0.25, -0.2) is 4.39 Å². The number of rotatable bonds is 13. The average molecular weight is 612 g/mol. The Morgan fingerprint density at radius 3 is 2.57 bits per heavy atom. The zero-order chi connectivity index (χ0) is 30.9. The fourth-order valence-electron chi connectivity index (χ4n) is 5.32. The van der Waals surface area contributed by atoms with Crippen molar-refractivity contribution in [3.63, 3.8) is 0 Å². The topological polar surface area (TPSA) is 133 Å². The van der Waals surface area contributed by atoms with Crippen molar-refractivity contribution in [3.05, 3.63) is 53.8 Å². The van der Waals surface area contributed by atoms with Gasteiger partial charge < -0.3 is 29.2 Å². The molecule has 3 heterocycles. The van der Waals surface area contributed by atoms with Gasteiger partial charge >= 0.3 is 0 Å². The Labute approximate surface area is 255 Å². The number of carbonyl (C=O) groups excluding carboxylic acids is 2. The molecule has 1 N–H and O–H groups in total. The van der Waals surface area contributed by atoms with Gasteiger partial charge in [-0.3, -0.25) is 14.5 Å². The van der Waals surface area contributed by atoms with E-state index < -0.39 is 17.8 Å². The first-order valence-electron chi connectivity index (χ1n) is 14.7. The highest BCUT2D eigenvalue weighted by Gasteiger charge is 2.33. The minimum absolute atomic E-state index is 0.0836. The summed E-state index contributed by atoms with van der Waals surface area (Å²) >= 11 is 0. The number of morpholine rings is 1. The summed E-state index contributed by atoms with van der Waals surface area (Å²) in [6.07, 6.45) is 1.70. The number of benzene rings is 2. The van der Waals surface area contributed by atoms with Crippen LogP contribution in [-0.2, 0) is 25.6 Å². The molecule has 2 fully saturated rings. The standard InChI is InChI=1S/C30H38FN7O6/c1-41-25-10-7-22(18-26(25)42-2)29-33-35-38(34-29)20-27(39)37(12-11-36-13-16-43-17-14-36)28(21-5-8-23(31)9-6-21)30(40)32-19-24-4-3-15-44-24/h5-10,18,24,28H,3-4,11-17,19-20H2,1-2H3,(H,32,40)/t24-,28-/m1/s1. The Bertz CT molecular complexity index is 1390. The van der Waals surface area contributed by atoms with Gasteiger partial charge in [-0.05, 0) is 54.0 Å². The molecule has 0 bridgehead atoms. The van der Waals surface area contributed by atoms with Crippen LogP contribution in [0.4, 0.5) is 4.39 Å². The number of nitrogens with one attached hydrogen (secondary N) is 1. The first kappa shape index (κ1) is 31.3. The molecule has 1 aromatic heterocycles. The summed E-state index contributed by atoms with van der Waals surface area (Å²) in [6.45, 7) is 4.10. The van der Waals surface area contributed by atoms with E-state index in [0.29, 0.717) is 74.5 Å². The van der Waals surface area contributed by atoms with Crippen LogP contribution in [-0.4, -0.2) is 115 Å². The Hall–Kier alpha value is -4.14. The number of halogens is 1. The number of hydrogen-bond acceptors (Lipinski definition) is 10. The van der Waals surface area contributed by atoms with E-state index in [1.807, 2.05) is 0 Å². The average Bonchev–Trinajstić information content (AvgIpc) is 3.75. The van der Waals surface area contributed by atoms with E-state index in [1.54, 1.807) is 25.3 Å². The summed E-state index contributed by atoms with van der Waals surface area (Å²) in [6, 6.07) is 9.84. The van der Waals surface area contributed by atoms with Crippen molar-refractivity contribution < 1.29 is 32.9 Å². The van der Waals surface area contributed by atoms with Crippen molar-refractivity contribution in [3.8, 4) is 22.9 Å². The van der Waals surface area contributed by atoms with E-state index in [1.165, 1.54) is 41.1 Å².